The zero-order valence-corrected chi connectivity index (χ0v) is 9.59. The Morgan fingerprint density at radius 3 is 2.65 bits per heavy atom. The summed E-state index contributed by atoms with van der Waals surface area (Å²) in [5.74, 6) is 0.232. The van der Waals surface area contributed by atoms with E-state index in [9.17, 15) is 4.79 Å². The van der Waals surface area contributed by atoms with Crippen LogP contribution in [0.1, 0.15) is 13.3 Å². The lowest BCUT2D eigenvalue weighted by Crippen LogP contribution is -2.05. The van der Waals surface area contributed by atoms with Gasteiger partial charge in [-0.3, -0.25) is 9.78 Å². The van der Waals surface area contributed by atoms with E-state index in [2.05, 4.69) is 4.98 Å². The second kappa shape index (κ2) is 5.25. The average molecular weight is 227 g/mol. The average Bonchev–Trinajstić information content (AvgIpc) is 2.40. The maximum absolute atomic E-state index is 11.2. The molecule has 2 rings (SSSR count). The van der Waals surface area contributed by atoms with Gasteiger partial charge in [0.25, 0.3) is 0 Å². The summed E-state index contributed by atoms with van der Waals surface area (Å²) >= 11 is 0. The first-order valence-corrected chi connectivity index (χ1v) is 5.50. The van der Waals surface area contributed by atoms with Crippen LogP contribution in [0.15, 0.2) is 48.8 Å². The Kier molecular flexibility index (Phi) is 3.50. The monoisotopic (exact) mass is 227 g/mol. The number of pyridine rings is 1. The number of hydrogen-bond acceptors (Lipinski definition) is 3. The Morgan fingerprint density at radius 2 is 1.94 bits per heavy atom. The van der Waals surface area contributed by atoms with Crippen LogP contribution >= 0.6 is 0 Å². The molecule has 0 amide bonds. The summed E-state index contributed by atoms with van der Waals surface area (Å²) in [5.41, 5.74) is 1.99. The number of hydrogen-bond donors (Lipinski definition) is 0. The number of ether oxygens (including phenoxy) is 1. The summed E-state index contributed by atoms with van der Waals surface area (Å²) in [7, 11) is 0. The van der Waals surface area contributed by atoms with Gasteiger partial charge >= 0.3 is 5.97 Å². The molecular weight excluding hydrogens is 214 g/mol. The first-order valence-electron chi connectivity index (χ1n) is 5.50. The highest BCUT2D eigenvalue weighted by atomic mass is 16.5. The van der Waals surface area contributed by atoms with Crippen molar-refractivity contribution >= 4 is 5.97 Å². The van der Waals surface area contributed by atoms with Crippen molar-refractivity contribution < 1.29 is 9.53 Å². The maximum Gasteiger partial charge on any atom is 0.310 e. The topological polar surface area (TPSA) is 39.2 Å². The largest absolute Gasteiger partial charge is 0.425 e. The molecule has 3 heteroatoms. The van der Waals surface area contributed by atoms with Gasteiger partial charge in [-0.2, -0.15) is 0 Å². The van der Waals surface area contributed by atoms with Crippen LogP contribution in [0.2, 0.25) is 0 Å². The number of nitrogens with zero attached hydrogens (tertiary/aromatic N) is 1. The van der Waals surface area contributed by atoms with Gasteiger partial charge in [-0.1, -0.05) is 37.3 Å². The fourth-order valence-electron chi connectivity index (χ4n) is 1.47. The van der Waals surface area contributed by atoms with Gasteiger partial charge in [-0.05, 0) is 11.6 Å². The SMILES string of the molecule is CCC(=O)Oc1cncc(-c2ccccc2)c1. The van der Waals surface area contributed by atoms with Crippen molar-refractivity contribution in [1.29, 1.82) is 0 Å². The molecular formula is C14H13NO2. The van der Waals surface area contributed by atoms with Crippen molar-refractivity contribution in [3.8, 4) is 16.9 Å². The zero-order valence-electron chi connectivity index (χ0n) is 9.59. The molecule has 0 N–H and O–H groups in total. The van der Waals surface area contributed by atoms with Crippen LogP contribution in [0.4, 0.5) is 0 Å². The maximum atomic E-state index is 11.2. The van der Waals surface area contributed by atoms with Crippen molar-refractivity contribution in [3.05, 3.63) is 48.8 Å². The van der Waals surface area contributed by atoms with Crippen LogP contribution < -0.4 is 4.74 Å². The minimum Gasteiger partial charge on any atom is -0.425 e. The lowest BCUT2D eigenvalue weighted by atomic mass is 10.1. The molecule has 0 fully saturated rings. The molecule has 0 aliphatic heterocycles. The van der Waals surface area contributed by atoms with Gasteiger partial charge in [0.1, 0.15) is 5.75 Å². The van der Waals surface area contributed by atoms with Gasteiger partial charge < -0.3 is 4.74 Å². The third-order valence-electron chi connectivity index (χ3n) is 2.34. The Morgan fingerprint density at radius 1 is 1.18 bits per heavy atom. The summed E-state index contributed by atoms with van der Waals surface area (Å²) in [6.45, 7) is 1.76. The molecule has 0 saturated carbocycles. The summed E-state index contributed by atoms with van der Waals surface area (Å²) in [5, 5.41) is 0. The van der Waals surface area contributed by atoms with E-state index < -0.39 is 0 Å². The van der Waals surface area contributed by atoms with E-state index in [1.54, 1.807) is 19.3 Å². The highest BCUT2D eigenvalue weighted by molar-refractivity contribution is 5.73. The number of aromatic nitrogens is 1. The lowest BCUT2D eigenvalue weighted by Gasteiger charge is -2.05. The summed E-state index contributed by atoms with van der Waals surface area (Å²) in [6, 6.07) is 11.7. The number of carbonyl (C=O) groups excluding carboxylic acids is 1. The Labute approximate surface area is 100 Å². The Hall–Kier alpha value is -2.16. The normalized spacial score (nSPS) is 9.94. The van der Waals surface area contributed by atoms with Gasteiger partial charge in [-0.25, -0.2) is 0 Å². The van der Waals surface area contributed by atoms with E-state index in [1.807, 2.05) is 36.4 Å². The predicted molar refractivity (Wildman–Crippen MR) is 65.6 cm³/mol. The molecule has 86 valence electrons. The molecule has 0 spiro atoms. The van der Waals surface area contributed by atoms with Crippen LogP contribution in [0.25, 0.3) is 11.1 Å². The van der Waals surface area contributed by atoms with E-state index in [-0.39, 0.29) is 5.97 Å². The number of carbonyl (C=O) groups is 1. The predicted octanol–water partition coefficient (Wildman–Crippen LogP) is 3.06. The minimum absolute atomic E-state index is 0.253. The molecule has 0 bridgehead atoms. The molecule has 17 heavy (non-hydrogen) atoms. The number of rotatable bonds is 3. The number of esters is 1. The second-order valence-corrected chi connectivity index (χ2v) is 3.60. The lowest BCUT2D eigenvalue weighted by molar-refractivity contribution is -0.134. The van der Waals surface area contributed by atoms with Crippen LogP contribution in [0.3, 0.4) is 0 Å². The fourth-order valence-corrected chi connectivity index (χ4v) is 1.47. The molecule has 0 atom stereocenters. The van der Waals surface area contributed by atoms with Crippen LogP contribution in [0, 0.1) is 0 Å². The molecule has 0 aliphatic carbocycles. The summed E-state index contributed by atoms with van der Waals surface area (Å²) in [4.78, 5) is 15.3. The fraction of sp³-hybridized carbons (Fsp3) is 0.143. The molecule has 0 radical (unpaired) electrons. The van der Waals surface area contributed by atoms with E-state index >= 15 is 0 Å². The van der Waals surface area contributed by atoms with Crippen molar-refractivity contribution in [1.82, 2.24) is 4.98 Å². The van der Waals surface area contributed by atoms with Gasteiger partial charge in [0, 0.05) is 18.2 Å². The molecule has 0 aliphatic rings. The van der Waals surface area contributed by atoms with E-state index in [0.29, 0.717) is 12.2 Å². The van der Waals surface area contributed by atoms with Gasteiger partial charge in [0.2, 0.25) is 0 Å². The highest BCUT2D eigenvalue weighted by Gasteiger charge is 2.04. The van der Waals surface area contributed by atoms with Crippen molar-refractivity contribution in [2.24, 2.45) is 0 Å². The molecule has 2 aromatic rings. The second-order valence-electron chi connectivity index (χ2n) is 3.60. The third-order valence-corrected chi connectivity index (χ3v) is 2.34. The van der Waals surface area contributed by atoms with Gasteiger partial charge in [0.15, 0.2) is 0 Å². The van der Waals surface area contributed by atoms with E-state index in [4.69, 9.17) is 4.74 Å². The highest BCUT2D eigenvalue weighted by Crippen LogP contribution is 2.22. The van der Waals surface area contributed by atoms with Crippen LogP contribution in [-0.4, -0.2) is 11.0 Å². The molecule has 3 nitrogen and oxygen atoms in total. The Bertz CT molecular complexity index is 509. The van der Waals surface area contributed by atoms with E-state index in [0.717, 1.165) is 11.1 Å². The third kappa shape index (κ3) is 2.91. The standard InChI is InChI=1S/C14H13NO2/c1-2-14(16)17-13-8-12(9-15-10-13)11-6-4-3-5-7-11/h3-10H,2H2,1H3. The van der Waals surface area contributed by atoms with E-state index in [1.165, 1.54) is 0 Å². The molecule has 0 saturated heterocycles. The zero-order chi connectivity index (χ0) is 12.1. The first kappa shape index (κ1) is 11.3. The van der Waals surface area contributed by atoms with Crippen molar-refractivity contribution in [2.75, 3.05) is 0 Å². The number of benzene rings is 1. The molecule has 1 aromatic carbocycles. The van der Waals surface area contributed by atoms with Crippen LogP contribution in [0.5, 0.6) is 5.75 Å². The van der Waals surface area contributed by atoms with Crippen molar-refractivity contribution in [2.45, 2.75) is 13.3 Å². The van der Waals surface area contributed by atoms with Crippen LogP contribution in [-0.2, 0) is 4.79 Å². The molecule has 1 aromatic heterocycles. The molecule has 0 unspecified atom stereocenters. The van der Waals surface area contributed by atoms with Gasteiger partial charge in [-0.15, -0.1) is 0 Å². The van der Waals surface area contributed by atoms with Gasteiger partial charge in [0.05, 0.1) is 6.20 Å². The molecule has 1 heterocycles. The smallest absolute Gasteiger partial charge is 0.310 e. The Balaban J connectivity index is 2.26. The summed E-state index contributed by atoms with van der Waals surface area (Å²) < 4.78 is 5.12. The summed E-state index contributed by atoms with van der Waals surface area (Å²) in [6.07, 6.45) is 3.65. The quantitative estimate of drug-likeness (QED) is 0.756. The minimum atomic E-state index is -0.253. The first-order chi connectivity index (χ1) is 8.29. The van der Waals surface area contributed by atoms with Crippen molar-refractivity contribution in [3.63, 3.8) is 0 Å².